The van der Waals surface area contributed by atoms with Gasteiger partial charge in [-0.3, -0.25) is 4.79 Å². The SMILES string of the molecule is COc1ccc(CCC(=O)N2CC(N)C2)cc1. The molecule has 0 bridgehead atoms. The van der Waals surface area contributed by atoms with Crippen LogP contribution in [0.3, 0.4) is 0 Å². The number of benzene rings is 1. The Kier molecular flexibility index (Phi) is 3.64. The first-order valence-corrected chi connectivity index (χ1v) is 5.85. The third-order valence-corrected chi connectivity index (χ3v) is 3.05. The van der Waals surface area contributed by atoms with Crippen molar-refractivity contribution in [2.24, 2.45) is 5.73 Å². The molecule has 0 spiro atoms. The van der Waals surface area contributed by atoms with E-state index in [1.54, 1.807) is 7.11 Å². The standard InChI is InChI=1S/C13H18N2O2/c1-17-12-5-2-10(3-6-12)4-7-13(16)15-8-11(14)9-15/h2-3,5-6,11H,4,7-9,14H2,1H3. The summed E-state index contributed by atoms with van der Waals surface area (Å²) in [4.78, 5) is 13.5. The van der Waals surface area contributed by atoms with Crippen LogP contribution in [0.25, 0.3) is 0 Å². The molecule has 1 aliphatic heterocycles. The Hall–Kier alpha value is -1.55. The number of nitrogens with zero attached hydrogens (tertiary/aromatic N) is 1. The van der Waals surface area contributed by atoms with Crippen molar-refractivity contribution in [2.45, 2.75) is 18.9 Å². The second-order valence-corrected chi connectivity index (χ2v) is 4.41. The molecule has 17 heavy (non-hydrogen) atoms. The fourth-order valence-electron chi connectivity index (χ4n) is 1.92. The molecule has 2 N–H and O–H groups in total. The van der Waals surface area contributed by atoms with Crippen LogP contribution in [0.5, 0.6) is 5.75 Å². The highest BCUT2D eigenvalue weighted by Crippen LogP contribution is 2.14. The highest BCUT2D eigenvalue weighted by Gasteiger charge is 2.26. The first-order valence-electron chi connectivity index (χ1n) is 5.85. The normalized spacial score (nSPS) is 15.5. The van der Waals surface area contributed by atoms with Crippen LogP contribution in [-0.2, 0) is 11.2 Å². The van der Waals surface area contributed by atoms with Gasteiger partial charge in [0.1, 0.15) is 5.75 Å². The van der Waals surface area contributed by atoms with Crippen LogP contribution in [-0.4, -0.2) is 37.0 Å². The third-order valence-electron chi connectivity index (χ3n) is 3.05. The second-order valence-electron chi connectivity index (χ2n) is 4.41. The number of aryl methyl sites for hydroxylation is 1. The van der Waals surface area contributed by atoms with E-state index in [0.29, 0.717) is 19.5 Å². The van der Waals surface area contributed by atoms with Crippen molar-refractivity contribution in [1.82, 2.24) is 4.90 Å². The Morgan fingerprint density at radius 2 is 2.06 bits per heavy atom. The molecule has 0 radical (unpaired) electrons. The molecule has 1 fully saturated rings. The summed E-state index contributed by atoms with van der Waals surface area (Å²) in [7, 11) is 1.64. The number of rotatable bonds is 4. The summed E-state index contributed by atoms with van der Waals surface area (Å²) >= 11 is 0. The number of carbonyl (C=O) groups excluding carboxylic acids is 1. The van der Waals surface area contributed by atoms with E-state index in [4.69, 9.17) is 10.5 Å². The van der Waals surface area contributed by atoms with Gasteiger partial charge in [-0.05, 0) is 24.1 Å². The molecule has 1 heterocycles. The molecule has 92 valence electrons. The molecule has 1 aliphatic rings. The van der Waals surface area contributed by atoms with E-state index >= 15 is 0 Å². The zero-order valence-corrected chi connectivity index (χ0v) is 10.1. The van der Waals surface area contributed by atoms with Gasteiger partial charge in [0.25, 0.3) is 0 Å². The Morgan fingerprint density at radius 1 is 1.41 bits per heavy atom. The average molecular weight is 234 g/mol. The minimum Gasteiger partial charge on any atom is -0.497 e. The molecule has 1 amide bonds. The fraction of sp³-hybridized carbons (Fsp3) is 0.462. The van der Waals surface area contributed by atoms with Gasteiger partial charge in [-0.1, -0.05) is 12.1 Å². The van der Waals surface area contributed by atoms with Gasteiger partial charge in [0.05, 0.1) is 7.11 Å². The Labute approximate surface area is 101 Å². The van der Waals surface area contributed by atoms with Crippen molar-refractivity contribution in [3.05, 3.63) is 29.8 Å². The number of hydrogen-bond acceptors (Lipinski definition) is 3. The molecule has 1 saturated heterocycles. The summed E-state index contributed by atoms with van der Waals surface area (Å²) < 4.78 is 5.08. The van der Waals surface area contributed by atoms with Crippen molar-refractivity contribution in [2.75, 3.05) is 20.2 Å². The molecule has 4 heteroatoms. The van der Waals surface area contributed by atoms with E-state index in [2.05, 4.69) is 0 Å². The maximum atomic E-state index is 11.7. The van der Waals surface area contributed by atoms with Crippen molar-refractivity contribution < 1.29 is 9.53 Å². The van der Waals surface area contributed by atoms with E-state index in [-0.39, 0.29) is 11.9 Å². The fourth-order valence-corrected chi connectivity index (χ4v) is 1.92. The van der Waals surface area contributed by atoms with E-state index in [1.807, 2.05) is 29.2 Å². The van der Waals surface area contributed by atoms with Gasteiger partial charge in [0.15, 0.2) is 0 Å². The summed E-state index contributed by atoms with van der Waals surface area (Å²) in [5.41, 5.74) is 6.79. The van der Waals surface area contributed by atoms with Crippen molar-refractivity contribution in [1.29, 1.82) is 0 Å². The molecule has 1 aromatic carbocycles. The Morgan fingerprint density at radius 3 is 2.59 bits per heavy atom. The lowest BCUT2D eigenvalue weighted by Crippen LogP contribution is -2.57. The largest absolute Gasteiger partial charge is 0.497 e. The topological polar surface area (TPSA) is 55.6 Å². The molecule has 0 saturated carbocycles. The van der Waals surface area contributed by atoms with Crippen LogP contribution in [0.4, 0.5) is 0 Å². The molecular formula is C13H18N2O2. The molecular weight excluding hydrogens is 216 g/mol. The quantitative estimate of drug-likeness (QED) is 0.838. The number of likely N-dealkylation sites (tertiary alicyclic amines) is 1. The highest BCUT2D eigenvalue weighted by atomic mass is 16.5. The maximum Gasteiger partial charge on any atom is 0.223 e. The summed E-state index contributed by atoms with van der Waals surface area (Å²) in [6.45, 7) is 1.42. The second kappa shape index (κ2) is 5.19. The highest BCUT2D eigenvalue weighted by molar-refractivity contribution is 5.77. The lowest BCUT2D eigenvalue weighted by Gasteiger charge is -2.36. The first-order chi connectivity index (χ1) is 8.19. The van der Waals surface area contributed by atoms with Crippen molar-refractivity contribution in [3.63, 3.8) is 0 Å². The first kappa shape index (κ1) is 11.9. The van der Waals surface area contributed by atoms with Crippen LogP contribution in [0.1, 0.15) is 12.0 Å². The predicted molar refractivity (Wildman–Crippen MR) is 65.9 cm³/mol. The third kappa shape index (κ3) is 2.97. The molecule has 0 aliphatic carbocycles. The van der Waals surface area contributed by atoms with Gasteiger partial charge in [-0.15, -0.1) is 0 Å². The van der Waals surface area contributed by atoms with Gasteiger partial charge in [-0.2, -0.15) is 0 Å². The molecule has 2 rings (SSSR count). The lowest BCUT2D eigenvalue weighted by atomic mass is 10.1. The van der Waals surface area contributed by atoms with E-state index < -0.39 is 0 Å². The Bertz CT molecular complexity index is 383. The summed E-state index contributed by atoms with van der Waals surface area (Å²) in [6.07, 6.45) is 1.33. The van der Waals surface area contributed by atoms with Crippen LogP contribution in [0, 0.1) is 0 Å². The smallest absolute Gasteiger partial charge is 0.223 e. The minimum atomic E-state index is 0.180. The number of hydrogen-bond donors (Lipinski definition) is 1. The number of methoxy groups -OCH3 is 1. The lowest BCUT2D eigenvalue weighted by molar-refractivity contribution is -0.135. The number of carbonyl (C=O) groups is 1. The average Bonchev–Trinajstić information content (AvgIpc) is 2.32. The molecule has 4 nitrogen and oxygen atoms in total. The summed E-state index contributed by atoms with van der Waals surface area (Å²) in [5.74, 6) is 1.04. The minimum absolute atomic E-state index is 0.180. The van der Waals surface area contributed by atoms with Gasteiger partial charge in [0.2, 0.25) is 5.91 Å². The van der Waals surface area contributed by atoms with Crippen LogP contribution < -0.4 is 10.5 Å². The van der Waals surface area contributed by atoms with Crippen LogP contribution in [0.2, 0.25) is 0 Å². The van der Waals surface area contributed by atoms with Crippen molar-refractivity contribution in [3.8, 4) is 5.75 Å². The predicted octanol–water partition coefficient (Wildman–Crippen LogP) is 0.797. The Balaban J connectivity index is 1.79. The molecule has 0 atom stereocenters. The van der Waals surface area contributed by atoms with Gasteiger partial charge < -0.3 is 15.4 Å². The maximum absolute atomic E-state index is 11.7. The van der Waals surface area contributed by atoms with Gasteiger partial charge in [-0.25, -0.2) is 0 Å². The monoisotopic (exact) mass is 234 g/mol. The molecule has 0 unspecified atom stereocenters. The zero-order chi connectivity index (χ0) is 12.3. The molecule has 1 aromatic rings. The number of amides is 1. The summed E-state index contributed by atoms with van der Waals surface area (Å²) in [6, 6.07) is 8.00. The molecule has 0 aromatic heterocycles. The van der Waals surface area contributed by atoms with E-state index in [1.165, 1.54) is 0 Å². The van der Waals surface area contributed by atoms with Crippen LogP contribution in [0.15, 0.2) is 24.3 Å². The van der Waals surface area contributed by atoms with Gasteiger partial charge in [0, 0.05) is 25.6 Å². The zero-order valence-electron chi connectivity index (χ0n) is 10.1. The van der Waals surface area contributed by atoms with Crippen LogP contribution >= 0.6 is 0 Å². The van der Waals surface area contributed by atoms with Gasteiger partial charge >= 0.3 is 0 Å². The summed E-state index contributed by atoms with van der Waals surface area (Å²) in [5, 5.41) is 0. The van der Waals surface area contributed by atoms with E-state index in [9.17, 15) is 4.79 Å². The number of ether oxygens (including phenoxy) is 1. The van der Waals surface area contributed by atoms with E-state index in [0.717, 1.165) is 17.7 Å². The van der Waals surface area contributed by atoms with Crippen molar-refractivity contribution >= 4 is 5.91 Å². The number of nitrogens with two attached hydrogens (primary N) is 1.